The number of aldehydes is 1. The van der Waals surface area contributed by atoms with Crippen molar-refractivity contribution in [3.05, 3.63) is 46.0 Å². The maximum Gasteiger partial charge on any atom is 0.313 e. The molecule has 21 heavy (non-hydrogen) atoms. The summed E-state index contributed by atoms with van der Waals surface area (Å²) in [7, 11) is 0. The molecule has 0 saturated heterocycles. The number of halogens is 2. The van der Waals surface area contributed by atoms with E-state index in [1.165, 1.54) is 18.2 Å². The molecule has 0 amide bonds. The zero-order valence-electron chi connectivity index (χ0n) is 11.4. The van der Waals surface area contributed by atoms with Crippen molar-refractivity contribution in [3.8, 4) is 0 Å². The molecule has 1 aromatic rings. The molecule has 0 aliphatic rings. The van der Waals surface area contributed by atoms with E-state index in [9.17, 15) is 14.4 Å². The van der Waals surface area contributed by atoms with Gasteiger partial charge in [0.2, 0.25) is 0 Å². The molecule has 4 nitrogen and oxygen atoms in total. The summed E-state index contributed by atoms with van der Waals surface area (Å²) in [5, 5.41) is 0.586. The first-order chi connectivity index (χ1) is 9.90. The minimum atomic E-state index is -1.01. The predicted molar refractivity (Wildman–Crippen MR) is 80.7 cm³/mol. The third kappa shape index (κ3) is 4.69. The summed E-state index contributed by atoms with van der Waals surface area (Å²) < 4.78 is 4.85. The van der Waals surface area contributed by atoms with E-state index in [2.05, 4.69) is 6.58 Å². The molecule has 1 unspecified atom stereocenters. The van der Waals surface area contributed by atoms with Gasteiger partial charge in [-0.1, -0.05) is 29.8 Å². The summed E-state index contributed by atoms with van der Waals surface area (Å²) in [5.41, 5.74) is 0.223. The van der Waals surface area contributed by atoms with Crippen LogP contribution in [-0.4, -0.2) is 24.6 Å². The van der Waals surface area contributed by atoms with Crippen LogP contribution in [-0.2, 0) is 14.3 Å². The highest BCUT2D eigenvalue weighted by Gasteiger charge is 2.27. The van der Waals surface area contributed by atoms with Crippen LogP contribution >= 0.6 is 23.2 Å². The fourth-order valence-electron chi connectivity index (χ4n) is 1.70. The van der Waals surface area contributed by atoms with Gasteiger partial charge in [-0.15, -0.1) is 0 Å². The molecule has 1 rings (SSSR count). The number of rotatable bonds is 7. The average molecular weight is 329 g/mol. The van der Waals surface area contributed by atoms with Gasteiger partial charge in [0.1, 0.15) is 6.29 Å². The van der Waals surface area contributed by atoms with Crippen molar-refractivity contribution in [1.29, 1.82) is 0 Å². The predicted octanol–water partition coefficient (Wildman–Crippen LogP) is 3.50. The molecule has 0 fully saturated rings. The summed E-state index contributed by atoms with van der Waals surface area (Å²) in [4.78, 5) is 34.8. The summed E-state index contributed by atoms with van der Waals surface area (Å²) >= 11 is 11.7. The number of carbonyl (C=O) groups excluding carboxylic acids is 3. The summed E-state index contributed by atoms with van der Waals surface area (Å²) in [6.45, 7) is 5.27. The van der Waals surface area contributed by atoms with E-state index < -0.39 is 17.7 Å². The Morgan fingerprint density at radius 1 is 1.38 bits per heavy atom. The highest BCUT2D eigenvalue weighted by molar-refractivity contribution is 6.36. The number of hydrogen-bond acceptors (Lipinski definition) is 4. The number of hydrogen-bond donors (Lipinski definition) is 0. The van der Waals surface area contributed by atoms with E-state index in [-0.39, 0.29) is 29.2 Å². The number of ether oxygens (including phenoxy) is 1. The number of Topliss-reactive ketones (excluding diaryl/α,β-unsaturated/α-hetero) is 1. The molecule has 6 heteroatoms. The van der Waals surface area contributed by atoms with Crippen molar-refractivity contribution in [3.63, 3.8) is 0 Å². The SMILES string of the molecule is C=C(C=O)C(CC(=O)c1ccc(Cl)cc1Cl)C(=O)OCC. The maximum absolute atomic E-state index is 12.2. The Kier molecular flexibility index (Phi) is 6.59. The quantitative estimate of drug-likeness (QED) is 0.332. The Bertz CT molecular complexity index is 581. The lowest BCUT2D eigenvalue weighted by atomic mass is 9.93. The highest BCUT2D eigenvalue weighted by atomic mass is 35.5. The lowest BCUT2D eigenvalue weighted by Gasteiger charge is -2.14. The lowest BCUT2D eigenvalue weighted by Crippen LogP contribution is -2.23. The van der Waals surface area contributed by atoms with Gasteiger partial charge in [0, 0.05) is 17.0 Å². The number of ketones is 1. The van der Waals surface area contributed by atoms with Crippen LogP contribution < -0.4 is 0 Å². The Hall–Kier alpha value is -1.65. The Labute approximate surface area is 132 Å². The van der Waals surface area contributed by atoms with E-state index in [0.717, 1.165) is 0 Å². The number of carbonyl (C=O) groups is 3. The fraction of sp³-hybridized carbons (Fsp3) is 0.267. The van der Waals surface area contributed by atoms with Gasteiger partial charge >= 0.3 is 5.97 Å². The molecule has 0 spiro atoms. The molecule has 112 valence electrons. The fourth-order valence-corrected chi connectivity index (χ4v) is 2.22. The number of benzene rings is 1. The van der Waals surface area contributed by atoms with E-state index in [4.69, 9.17) is 27.9 Å². The Balaban J connectivity index is 2.97. The molecule has 0 bridgehead atoms. The van der Waals surface area contributed by atoms with Gasteiger partial charge in [-0.2, -0.15) is 0 Å². The van der Waals surface area contributed by atoms with Gasteiger partial charge in [-0.25, -0.2) is 0 Å². The standard InChI is InChI=1S/C15H14Cl2O4/c1-3-21-15(20)12(9(2)8-18)7-14(19)11-5-4-10(16)6-13(11)17/h4-6,8,12H,2-3,7H2,1H3. The van der Waals surface area contributed by atoms with Gasteiger partial charge in [0.05, 0.1) is 17.5 Å². The molecule has 0 N–H and O–H groups in total. The molecule has 1 atom stereocenters. The van der Waals surface area contributed by atoms with Gasteiger partial charge in [0.25, 0.3) is 0 Å². The van der Waals surface area contributed by atoms with Gasteiger partial charge in [-0.3, -0.25) is 14.4 Å². The average Bonchev–Trinajstić information content (AvgIpc) is 2.43. The van der Waals surface area contributed by atoms with E-state index >= 15 is 0 Å². The molecule has 1 aromatic carbocycles. The molecular formula is C15H14Cl2O4. The normalized spacial score (nSPS) is 11.6. The smallest absolute Gasteiger partial charge is 0.313 e. The van der Waals surface area contributed by atoms with E-state index in [1.54, 1.807) is 6.92 Å². The van der Waals surface area contributed by atoms with Gasteiger partial charge in [-0.05, 0) is 30.7 Å². The first-order valence-electron chi connectivity index (χ1n) is 6.19. The van der Waals surface area contributed by atoms with Gasteiger partial charge in [0.15, 0.2) is 5.78 Å². The minimum Gasteiger partial charge on any atom is -0.466 e. The first-order valence-corrected chi connectivity index (χ1v) is 6.95. The van der Waals surface area contributed by atoms with Crippen LogP contribution in [0.15, 0.2) is 30.4 Å². The third-order valence-electron chi connectivity index (χ3n) is 2.79. The molecular weight excluding hydrogens is 315 g/mol. The Morgan fingerprint density at radius 2 is 2.05 bits per heavy atom. The zero-order valence-corrected chi connectivity index (χ0v) is 12.9. The monoisotopic (exact) mass is 328 g/mol. The third-order valence-corrected chi connectivity index (χ3v) is 3.34. The van der Waals surface area contributed by atoms with Gasteiger partial charge < -0.3 is 4.74 Å². The second-order valence-corrected chi connectivity index (χ2v) is 5.09. The summed E-state index contributed by atoms with van der Waals surface area (Å²) in [5.74, 6) is -2.06. The van der Waals surface area contributed by atoms with Crippen molar-refractivity contribution in [2.24, 2.45) is 5.92 Å². The minimum absolute atomic E-state index is 0.00751. The van der Waals surface area contributed by atoms with Crippen molar-refractivity contribution in [1.82, 2.24) is 0 Å². The van der Waals surface area contributed by atoms with E-state index in [0.29, 0.717) is 11.3 Å². The lowest BCUT2D eigenvalue weighted by molar-refractivity contribution is -0.147. The maximum atomic E-state index is 12.2. The van der Waals surface area contributed by atoms with Crippen LogP contribution in [0.3, 0.4) is 0 Å². The van der Waals surface area contributed by atoms with Crippen LogP contribution in [0.2, 0.25) is 10.0 Å². The molecule has 0 aliphatic heterocycles. The molecule has 0 aliphatic carbocycles. The Morgan fingerprint density at radius 3 is 2.57 bits per heavy atom. The summed E-state index contributed by atoms with van der Waals surface area (Å²) in [6.07, 6.45) is 0.204. The van der Waals surface area contributed by atoms with Crippen molar-refractivity contribution >= 4 is 41.2 Å². The van der Waals surface area contributed by atoms with Crippen molar-refractivity contribution < 1.29 is 19.1 Å². The van der Waals surface area contributed by atoms with E-state index in [1.807, 2.05) is 0 Å². The highest BCUT2D eigenvalue weighted by Crippen LogP contribution is 2.25. The topological polar surface area (TPSA) is 60.4 Å². The largest absolute Gasteiger partial charge is 0.466 e. The molecule has 0 heterocycles. The van der Waals surface area contributed by atoms with Crippen LogP contribution in [0.25, 0.3) is 0 Å². The van der Waals surface area contributed by atoms with Crippen molar-refractivity contribution in [2.45, 2.75) is 13.3 Å². The van der Waals surface area contributed by atoms with Crippen LogP contribution in [0.1, 0.15) is 23.7 Å². The van der Waals surface area contributed by atoms with Crippen LogP contribution in [0, 0.1) is 5.92 Å². The second kappa shape index (κ2) is 7.96. The van der Waals surface area contributed by atoms with Crippen molar-refractivity contribution in [2.75, 3.05) is 6.61 Å². The zero-order chi connectivity index (χ0) is 16.0. The summed E-state index contributed by atoms with van der Waals surface area (Å²) in [6, 6.07) is 4.43. The first kappa shape index (κ1) is 17.4. The molecule has 0 saturated carbocycles. The molecule has 0 aromatic heterocycles. The number of esters is 1. The van der Waals surface area contributed by atoms with Crippen LogP contribution in [0.5, 0.6) is 0 Å². The second-order valence-electron chi connectivity index (χ2n) is 4.25. The van der Waals surface area contributed by atoms with Crippen LogP contribution in [0.4, 0.5) is 0 Å². The molecule has 0 radical (unpaired) electrons.